The van der Waals surface area contributed by atoms with Crippen molar-refractivity contribution in [3.8, 4) is 39.1 Å². The minimum atomic E-state index is 0.992. The zero-order valence-corrected chi connectivity index (χ0v) is 42.5. The van der Waals surface area contributed by atoms with E-state index in [-0.39, 0.29) is 0 Å². The van der Waals surface area contributed by atoms with Gasteiger partial charge in [-0.05, 0) is 171 Å². The van der Waals surface area contributed by atoms with Gasteiger partial charge in [0.15, 0.2) is 0 Å². The van der Waals surface area contributed by atoms with Gasteiger partial charge in [-0.2, -0.15) is 0 Å². The van der Waals surface area contributed by atoms with Gasteiger partial charge in [0, 0.05) is 67.7 Å². The Hall–Kier alpha value is -10.5. The fraction of sp³-hybridized carbons (Fsp3) is 0. The normalized spacial score (nSPS) is 11.8. The predicted octanol–water partition coefficient (Wildman–Crippen LogP) is 20.2. The minimum absolute atomic E-state index is 0.992. The highest BCUT2D eigenvalue weighted by atomic mass is 15.2. The van der Waals surface area contributed by atoms with Crippen molar-refractivity contribution in [3.05, 3.63) is 298 Å². The van der Waals surface area contributed by atoms with Crippen LogP contribution >= 0.6 is 0 Å². The van der Waals surface area contributed by atoms with E-state index < -0.39 is 0 Å². The number of nitrogens with zero attached hydrogens (tertiary/aromatic N) is 5. The summed E-state index contributed by atoms with van der Waals surface area (Å²) in [6, 6.07) is 104. The van der Waals surface area contributed by atoms with Gasteiger partial charge in [-0.25, -0.2) is 0 Å². The lowest BCUT2D eigenvalue weighted by Crippen LogP contribution is -2.16. The van der Waals surface area contributed by atoms with Gasteiger partial charge < -0.3 is 19.3 Å². The summed E-state index contributed by atoms with van der Waals surface area (Å²) in [4.78, 5) is 11.7. The van der Waals surface area contributed by atoms with Crippen molar-refractivity contribution in [2.24, 2.45) is 0 Å². The van der Waals surface area contributed by atoms with Crippen molar-refractivity contribution in [1.82, 2.24) is 9.55 Å². The maximum Gasteiger partial charge on any atom is 0.0644 e. The maximum atomic E-state index is 4.55. The second kappa shape index (κ2) is 18.7. The number of hydrogen-bond donors (Lipinski definition) is 0. The van der Waals surface area contributed by atoms with Gasteiger partial charge in [-0.15, -0.1) is 0 Å². The molecule has 0 bridgehead atoms. The molecule has 0 atom stereocenters. The zero-order valence-electron chi connectivity index (χ0n) is 42.5. The van der Waals surface area contributed by atoms with Gasteiger partial charge in [0.1, 0.15) is 0 Å². The van der Waals surface area contributed by atoms with Crippen LogP contribution in [0.4, 0.5) is 51.2 Å². The van der Waals surface area contributed by atoms with Crippen LogP contribution in [0.15, 0.2) is 298 Å². The van der Waals surface area contributed by atoms with Crippen molar-refractivity contribution in [2.75, 3.05) is 14.7 Å². The van der Waals surface area contributed by atoms with E-state index in [0.717, 1.165) is 68.0 Å². The van der Waals surface area contributed by atoms with E-state index in [1.54, 1.807) is 0 Å². The van der Waals surface area contributed by atoms with Gasteiger partial charge in [-0.1, -0.05) is 158 Å². The molecule has 0 amide bonds. The molecule has 3 heterocycles. The van der Waals surface area contributed by atoms with Crippen molar-refractivity contribution >= 4 is 94.5 Å². The van der Waals surface area contributed by atoms with E-state index in [0.29, 0.717) is 0 Å². The molecule has 0 unspecified atom stereocenters. The SMILES string of the molecule is c1ccc(N(c2ccccc2)c2ccc(N3c4cc(-c5cccc(N(c6ccccc6)c6cccnc6)c5)c5ccccc5c4-c4cccc5c(-c6ccc7c(c6)c6ccccc6n7-c6ccccc6)ccc3c45)cc2)cc1. The Kier molecular flexibility index (Phi) is 10.8. The van der Waals surface area contributed by atoms with Crippen LogP contribution in [0.2, 0.25) is 0 Å². The Labute approximate surface area is 453 Å². The molecule has 0 spiro atoms. The molecule has 0 radical (unpaired) electrons. The summed E-state index contributed by atoms with van der Waals surface area (Å²) < 4.78 is 2.39. The molecule has 0 fully saturated rings. The molecular weight excluding hydrogens is 947 g/mol. The summed E-state index contributed by atoms with van der Waals surface area (Å²) in [5.41, 5.74) is 20.3. The van der Waals surface area contributed by atoms with Crippen molar-refractivity contribution in [2.45, 2.75) is 0 Å². The second-order valence-electron chi connectivity index (χ2n) is 19.9. The number of hydrogen-bond acceptors (Lipinski definition) is 4. The Balaban J connectivity index is 0.951. The molecular formula is C73H49N5. The third-order valence-corrected chi connectivity index (χ3v) is 15.5. The number of fused-ring (bicyclic) bond motifs is 7. The number of aromatic nitrogens is 2. The molecule has 0 N–H and O–H groups in total. The number of anilines is 9. The molecule has 5 heteroatoms. The molecule has 14 aromatic rings. The molecule has 78 heavy (non-hydrogen) atoms. The third-order valence-electron chi connectivity index (χ3n) is 15.5. The lowest BCUT2D eigenvalue weighted by Gasteiger charge is -2.36. The van der Waals surface area contributed by atoms with Crippen LogP contribution in [0.25, 0.3) is 82.4 Å². The monoisotopic (exact) mass is 995 g/mol. The maximum absolute atomic E-state index is 4.55. The van der Waals surface area contributed by atoms with Crippen LogP contribution in [-0.2, 0) is 0 Å². The van der Waals surface area contributed by atoms with Gasteiger partial charge in [0.05, 0.1) is 34.3 Å². The fourth-order valence-electron chi connectivity index (χ4n) is 12.2. The highest BCUT2D eigenvalue weighted by molar-refractivity contribution is 6.24. The number of para-hydroxylation sites is 5. The first-order valence-electron chi connectivity index (χ1n) is 26.6. The molecule has 15 rings (SSSR count). The lowest BCUT2D eigenvalue weighted by molar-refractivity contribution is 1.18. The average Bonchev–Trinajstić information content (AvgIpc) is 3.88. The fourth-order valence-corrected chi connectivity index (χ4v) is 12.2. The van der Waals surface area contributed by atoms with Crippen LogP contribution in [0.3, 0.4) is 0 Å². The van der Waals surface area contributed by atoms with E-state index in [2.05, 4.69) is 303 Å². The molecule has 2 aromatic heterocycles. The molecule has 0 saturated heterocycles. The smallest absolute Gasteiger partial charge is 0.0644 e. The van der Waals surface area contributed by atoms with E-state index >= 15 is 0 Å². The quantitative estimate of drug-likeness (QED) is 0.136. The molecule has 0 saturated carbocycles. The molecule has 12 aromatic carbocycles. The van der Waals surface area contributed by atoms with Crippen molar-refractivity contribution < 1.29 is 0 Å². The molecule has 1 aliphatic rings. The summed E-state index contributed by atoms with van der Waals surface area (Å²) in [5.74, 6) is 0. The Morgan fingerprint density at radius 3 is 1.56 bits per heavy atom. The van der Waals surface area contributed by atoms with Crippen LogP contribution in [0, 0.1) is 0 Å². The van der Waals surface area contributed by atoms with Crippen LogP contribution < -0.4 is 14.7 Å². The summed E-state index contributed by atoms with van der Waals surface area (Å²) in [5, 5.41) is 7.29. The largest absolute Gasteiger partial charge is 0.311 e. The van der Waals surface area contributed by atoms with E-state index in [4.69, 9.17) is 0 Å². The summed E-state index contributed by atoms with van der Waals surface area (Å²) in [6.07, 6.45) is 3.76. The lowest BCUT2D eigenvalue weighted by atomic mass is 9.83. The van der Waals surface area contributed by atoms with E-state index in [9.17, 15) is 0 Å². The first-order chi connectivity index (χ1) is 38.7. The van der Waals surface area contributed by atoms with Gasteiger partial charge in [-0.3, -0.25) is 4.98 Å². The van der Waals surface area contributed by atoms with Crippen LogP contribution in [-0.4, -0.2) is 9.55 Å². The molecule has 366 valence electrons. The number of benzene rings is 12. The minimum Gasteiger partial charge on any atom is -0.311 e. The zero-order chi connectivity index (χ0) is 51.5. The predicted molar refractivity (Wildman–Crippen MR) is 328 cm³/mol. The van der Waals surface area contributed by atoms with Gasteiger partial charge in [0.25, 0.3) is 0 Å². The molecule has 5 nitrogen and oxygen atoms in total. The first-order valence-corrected chi connectivity index (χ1v) is 26.6. The van der Waals surface area contributed by atoms with E-state index in [1.807, 2.05) is 18.5 Å². The summed E-state index contributed by atoms with van der Waals surface area (Å²) in [7, 11) is 0. The molecule has 0 aliphatic carbocycles. The number of rotatable bonds is 10. The van der Waals surface area contributed by atoms with Crippen LogP contribution in [0.1, 0.15) is 0 Å². The van der Waals surface area contributed by atoms with Gasteiger partial charge in [0.2, 0.25) is 0 Å². The average molecular weight is 996 g/mol. The second-order valence-corrected chi connectivity index (χ2v) is 19.9. The van der Waals surface area contributed by atoms with Crippen molar-refractivity contribution in [1.29, 1.82) is 0 Å². The summed E-state index contributed by atoms with van der Waals surface area (Å²) >= 11 is 0. The van der Waals surface area contributed by atoms with Gasteiger partial charge >= 0.3 is 0 Å². The standard InChI is InChI=1S/C73H49N5/c1-5-21-52(22-6-1)75(53-23-7-2-8-24-53)56-38-40-57(41-39-56)78-70-44-42-60(51-37-43-69-67(47-51)62-32-15-16-36-68(62)77(69)55-27-11-4-12-28-55)63-34-18-35-65(72(63)70)73-64-33-14-13-31-61(64)66(48-71(73)78)50-20-17-29-58(46-50)76(54-25-9-3-10-26-54)59-30-19-45-74-49-59/h1-49H. The highest BCUT2D eigenvalue weighted by Gasteiger charge is 2.31. The van der Waals surface area contributed by atoms with Crippen LogP contribution in [0.5, 0.6) is 0 Å². The Bertz CT molecular complexity index is 4460. The Morgan fingerprint density at radius 1 is 0.295 bits per heavy atom. The third kappa shape index (κ3) is 7.43. The van der Waals surface area contributed by atoms with E-state index in [1.165, 1.54) is 65.6 Å². The topological polar surface area (TPSA) is 27.5 Å². The Morgan fingerprint density at radius 2 is 0.859 bits per heavy atom. The molecule has 1 aliphatic heterocycles. The highest BCUT2D eigenvalue weighted by Crippen LogP contribution is 2.56. The first kappa shape index (κ1) is 44.9. The van der Waals surface area contributed by atoms with Crippen molar-refractivity contribution in [3.63, 3.8) is 0 Å². The number of pyridine rings is 1. The summed E-state index contributed by atoms with van der Waals surface area (Å²) in [6.45, 7) is 0.